The number of para-hydroxylation sites is 1. The Morgan fingerprint density at radius 3 is 2.68 bits per heavy atom. The number of amides is 1. The lowest BCUT2D eigenvalue weighted by atomic mass is 10.0. The van der Waals surface area contributed by atoms with Gasteiger partial charge in [0.25, 0.3) is 5.91 Å². The summed E-state index contributed by atoms with van der Waals surface area (Å²) in [5.74, 6) is -1.15. The van der Waals surface area contributed by atoms with Crippen molar-refractivity contribution in [3.05, 3.63) is 29.8 Å². The fraction of sp³-hybridized carbons (Fsp3) is 0.500. The summed E-state index contributed by atoms with van der Waals surface area (Å²) in [5.41, 5.74) is -1.85. The van der Waals surface area contributed by atoms with Crippen molar-refractivity contribution in [2.45, 2.75) is 25.0 Å². The summed E-state index contributed by atoms with van der Waals surface area (Å²) in [6.07, 6.45) is -4.77. The largest absolute Gasteiger partial charge is 0.573 e. The first-order valence-corrected chi connectivity index (χ1v) is 6.70. The van der Waals surface area contributed by atoms with Crippen LogP contribution in [0.5, 0.6) is 5.75 Å². The molecule has 8 heteroatoms. The molecule has 4 nitrogen and oxygen atoms in total. The SMILES string of the molecule is CN(Cc1ccccc1OC(F)(F)F)C(=O)[C@@]1(F)CCNC1. The number of alkyl halides is 4. The normalized spacial score (nSPS) is 21.7. The molecule has 1 aromatic rings. The average Bonchev–Trinajstić information content (AvgIpc) is 2.86. The van der Waals surface area contributed by atoms with Gasteiger partial charge >= 0.3 is 6.36 Å². The lowest BCUT2D eigenvalue weighted by molar-refractivity contribution is -0.275. The molecule has 0 aromatic heterocycles. The third kappa shape index (κ3) is 3.88. The topological polar surface area (TPSA) is 41.6 Å². The highest BCUT2D eigenvalue weighted by atomic mass is 19.4. The summed E-state index contributed by atoms with van der Waals surface area (Å²) >= 11 is 0. The van der Waals surface area contributed by atoms with Crippen LogP contribution >= 0.6 is 0 Å². The third-order valence-corrected chi connectivity index (χ3v) is 3.44. The smallest absolute Gasteiger partial charge is 0.405 e. The van der Waals surface area contributed by atoms with Crippen LogP contribution in [-0.4, -0.2) is 43.0 Å². The number of hydrogen-bond acceptors (Lipinski definition) is 3. The minimum Gasteiger partial charge on any atom is -0.405 e. The number of rotatable bonds is 4. The minimum atomic E-state index is -4.82. The van der Waals surface area contributed by atoms with Crippen molar-refractivity contribution in [3.63, 3.8) is 0 Å². The number of carbonyl (C=O) groups is 1. The van der Waals surface area contributed by atoms with E-state index in [1.807, 2.05) is 0 Å². The molecule has 0 bridgehead atoms. The molecular formula is C14H16F4N2O2. The summed E-state index contributed by atoms with van der Waals surface area (Å²) in [4.78, 5) is 13.2. The van der Waals surface area contributed by atoms with E-state index in [4.69, 9.17) is 0 Å². The highest BCUT2D eigenvalue weighted by molar-refractivity contribution is 5.85. The highest BCUT2D eigenvalue weighted by Gasteiger charge is 2.43. The van der Waals surface area contributed by atoms with Crippen molar-refractivity contribution in [3.8, 4) is 5.75 Å². The number of carbonyl (C=O) groups excluding carboxylic acids is 1. The molecule has 0 spiro atoms. The predicted octanol–water partition coefficient (Wildman–Crippen LogP) is 2.25. The van der Waals surface area contributed by atoms with Crippen molar-refractivity contribution >= 4 is 5.91 Å². The van der Waals surface area contributed by atoms with E-state index < -0.39 is 23.7 Å². The van der Waals surface area contributed by atoms with Crippen molar-refractivity contribution in [2.75, 3.05) is 20.1 Å². The first-order valence-electron chi connectivity index (χ1n) is 6.70. The zero-order chi connectivity index (χ0) is 16.4. The first-order chi connectivity index (χ1) is 10.2. The molecule has 1 aromatic carbocycles. The van der Waals surface area contributed by atoms with Crippen LogP contribution in [0.3, 0.4) is 0 Å². The van der Waals surface area contributed by atoms with E-state index in [1.165, 1.54) is 25.2 Å². The average molecular weight is 320 g/mol. The Morgan fingerprint density at radius 1 is 1.41 bits per heavy atom. The van der Waals surface area contributed by atoms with Gasteiger partial charge in [0.05, 0.1) is 0 Å². The summed E-state index contributed by atoms with van der Waals surface area (Å²) in [6, 6.07) is 5.48. The monoisotopic (exact) mass is 320 g/mol. The Hall–Kier alpha value is -1.83. The van der Waals surface area contributed by atoms with E-state index in [-0.39, 0.29) is 25.1 Å². The van der Waals surface area contributed by atoms with Crippen LogP contribution in [0.25, 0.3) is 0 Å². The second kappa shape index (κ2) is 6.12. The second-order valence-electron chi connectivity index (χ2n) is 5.21. The molecule has 1 amide bonds. The molecule has 1 N–H and O–H groups in total. The number of halogens is 4. The number of ether oxygens (including phenoxy) is 1. The van der Waals surface area contributed by atoms with Gasteiger partial charge in [-0.15, -0.1) is 13.2 Å². The molecule has 122 valence electrons. The zero-order valence-corrected chi connectivity index (χ0v) is 11.9. The van der Waals surface area contributed by atoms with Crippen LogP contribution in [0.1, 0.15) is 12.0 Å². The van der Waals surface area contributed by atoms with E-state index in [1.54, 1.807) is 0 Å². The van der Waals surface area contributed by atoms with Crippen LogP contribution in [0.4, 0.5) is 17.6 Å². The molecule has 0 unspecified atom stereocenters. The Bertz CT molecular complexity index is 542. The third-order valence-electron chi connectivity index (χ3n) is 3.44. The standard InChI is InChI=1S/C14H16F4N2O2/c1-20(12(21)13(15)6-7-19-9-13)8-10-4-2-3-5-11(10)22-14(16,17)18/h2-5,19H,6-9H2,1H3/t13-/m1/s1. The van der Waals surface area contributed by atoms with E-state index >= 15 is 0 Å². The minimum absolute atomic E-state index is 0.0525. The Balaban J connectivity index is 2.11. The van der Waals surface area contributed by atoms with Crippen LogP contribution in [0.2, 0.25) is 0 Å². The summed E-state index contributed by atoms with van der Waals surface area (Å²) in [5, 5.41) is 2.76. The zero-order valence-electron chi connectivity index (χ0n) is 11.9. The molecule has 1 saturated heterocycles. The van der Waals surface area contributed by atoms with Gasteiger partial charge in [0.1, 0.15) is 5.75 Å². The van der Waals surface area contributed by atoms with Gasteiger partial charge in [0.15, 0.2) is 0 Å². The van der Waals surface area contributed by atoms with Crippen molar-refractivity contribution < 1.29 is 27.1 Å². The predicted molar refractivity (Wildman–Crippen MR) is 70.9 cm³/mol. The molecule has 1 aliphatic heterocycles. The van der Waals surface area contributed by atoms with Gasteiger partial charge in [-0.25, -0.2) is 4.39 Å². The second-order valence-corrected chi connectivity index (χ2v) is 5.21. The maximum atomic E-state index is 14.4. The molecule has 22 heavy (non-hydrogen) atoms. The van der Waals surface area contributed by atoms with E-state index in [0.717, 1.165) is 11.0 Å². The maximum absolute atomic E-state index is 14.4. The quantitative estimate of drug-likeness (QED) is 0.865. The van der Waals surface area contributed by atoms with Gasteiger partial charge in [-0.05, 0) is 12.6 Å². The van der Waals surface area contributed by atoms with Crippen molar-refractivity contribution in [1.82, 2.24) is 10.2 Å². The molecule has 1 fully saturated rings. The summed E-state index contributed by atoms with van der Waals surface area (Å²) in [7, 11) is 1.35. The van der Waals surface area contributed by atoms with Crippen LogP contribution in [0.15, 0.2) is 24.3 Å². The number of benzene rings is 1. The fourth-order valence-corrected chi connectivity index (χ4v) is 2.37. The Labute approximate surface area is 125 Å². The van der Waals surface area contributed by atoms with Crippen molar-refractivity contribution in [1.29, 1.82) is 0 Å². The fourth-order valence-electron chi connectivity index (χ4n) is 2.37. The van der Waals surface area contributed by atoms with Crippen molar-refractivity contribution in [2.24, 2.45) is 0 Å². The van der Waals surface area contributed by atoms with Gasteiger partial charge in [0, 0.05) is 32.1 Å². The lowest BCUT2D eigenvalue weighted by Gasteiger charge is -2.26. The first kappa shape index (κ1) is 16.5. The van der Waals surface area contributed by atoms with E-state index in [2.05, 4.69) is 10.1 Å². The number of nitrogens with one attached hydrogen (secondary N) is 1. The lowest BCUT2D eigenvalue weighted by Crippen LogP contribution is -2.45. The maximum Gasteiger partial charge on any atom is 0.573 e. The van der Waals surface area contributed by atoms with Gasteiger partial charge in [-0.2, -0.15) is 0 Å². The molecule has 1 heterocycles. The van der Waals surface area contributed by atoms with E-state index in [9.17, 15) is 22.4 Å². The molecule has 1 atom stereocenters. The molecule has 0 aliphatic carbocycles. The summed E-state index contributed by atoms with van der Waals surface area (Å²) < 4.78 is 55.3. The van der Waals surface area contributed by atoms with E-state index in [0.29, 0.717) is 6.54 Å². The highest BCUT2D eigenvalue weighted by Crippen LogP contribution is 2.28. The van der Waals surface area contributed by atoms with Crippen LogP contribution in [-0.2, 0) is 11.3 Å². The van der Waals surface area contributed by atoms with Crippen LogP contribution < -0.4 is 10.1 Å². The molecule has 0 saturated carbocycles. The molecule has 1 aliphatic rings. The number of hydrogen-bond donors (Lipinski definition) is 1. The van der Waals surface area contributed by atoms with Gasteiger partial charge in [-0.1, -0.05) is 18.2 Å². The van der Waals surface area contributed by atoms with Gasteiger partial charge < -0.3 is 15.0 Å². The van der Waals surface area contributed by atoms with Crippen LogP contribution in [0, 0.1) is 0 Å². The Kier molecular flexibility index (Phi) is 4.60. The Morgan fingerprint density at radius 2 is 2.09 bits per heavy atom. The molecular weight excluding hydrogens is 304 g/mol. The van der Waals surface area contributed by atoms with Gasteiger partial charge in [-0.3, -0.25) is 4.79 Å². The number of nitrogens with zero attached hydrogens (tertiary/aromatic N) is 1. The molecule has 2 rings (SSSR count). The van der Waals surface area contributed by atoms with Gasteiger partial charge in [0.2, 0.25) is 5.67 Å². The molecule has 0 radical (unpaired) electrons. The summed E-state index contributed by atoms with van der Waals surface area (Å²) in [6.45, 7) is 0.136.